The van der Waals surface area contributed by atoms with E-state index in [2.05, 4.69) is 4.74 Å². The Labute approximate surface area is 183 Å². The summed E-state index contributed by atoms with van der Waals surface area (Å²) in [5, 5.41) is 0. The molecule has 0 aliphatic carbocycles. The quantitative estimate of drug-likeness (QED) is 0.282. The van der Waals surface area contributed by atoms with E-state index < -0.39 is 53.6 Å². The molecule has 0 saturated carbocycles. The lowest BCUT2D eigenvalue weighted by Gasteiger charge is -2.43. The van der Waals surface area contributed by atoms with Crippen LogP contribution >= 0.6 is 0 Å². The Balaban J connectivity index is 3.59. The minimum atomic E-state index is -8.79. The third kappa shape index (κ3) is 4.56. The minimum absolute atomic E-state index is 0.260. The average Bonchev–Trinajstić information content (AvgIpc) is 2.66. The van der Waals surface area contributed by atoms with Gasteiger partial charge in [-0.1, -0.05) is 25.5 Å². The smallest absolute Gasteiger partial charge is 0.428 e. The van der Waals surface area contributed by atoms with Crippen LogP contribution in [-0.2, 0) is 6.42 Å². The van der Waals surface area contributed by atoms with E-state index in [0.717, 1.165) is 12.1 Å². The SMILES string of the molecule is CCCc1ccc(OC(F)(F)C(F)(F)C(F)(F)C(F)(F)C(F)(F)C(F)(C(F)(F)F)C(F)(F)F)cc1. The maximum Gasteiger partial charge on any atom is 0.471 e. The first-order valence-corrected chi connectivity index (χ1v) is 8.75. The number of alkyl halides is 17. The molecule has 0 aliphatic heterocycles. The molecule has 0 atom stereocenters. The van der Waals surface area contributed by atoms with Crippen molar-refractivity contribution >= 4 is 0 Å². The van der Waals surface area contributed by atoms with Gasteiger partial charge in [-0.3, -0.25) is 0 Å². The molecule has 1 aromatic carbocycles. The molecular weight excluding hydrogens is 543 g/mol. The Bertz CT molecular complexity index is 852. The molecule has 204 valence electrons. The second-order valence-electron chi connectivity index (χ2n) is 6.96. The summed E-state index contributed by atoms with van der Waals surface area (Å²) < 4.78 is 228. The van der Waals surface area contributed by atoms with Crippen LogP contribution < -0.4 is 4.74 Å². The third-order valence-electron chi connectivity index (χ3n) is 4.47. The van der Waals surface area contributed by atoms with E-state index in [1.54, 1.807) is 6.92 Å². The summed E-state index contributed by atoms with van der Waals surface area (Å²) in [7, 11) is 0. The summed E-state index contributed by atoms with van der Waals surface area (Å²) in [6, 6.07) is 2.58. The molecule has 0 aliphatic rings. The highest BCUT2D eigenvalue weighted by molar-refractivity contribution is 5.28. The standard InChI is InChI=1S/C17H11F17O/c1-2-3-8-4-6-9(7-5-8)35-17(33,34)14(25,26)13(23,24)12(21,22)11(19,20)10(18,15(27,28)29)16(30,31)32/h4-7H,2-3H2,1H3. The Morgan fingerprint density at radius 1 is 0.543 bits per heavy atom. The fourth-order valence-electron chi connectivity index (χ4n) is 2.54. The first-order chi connectivity index (χ1) is 15.3. The second kappa shape index (κ2) is 8.74. The van der Waals surface area contributed by atoms with E-state index in [1.807, 2.05) is 0 Å². The molecule has 1 nitrogen and oxygen atoms in total. The third-order valence-corrected chi connectivity index (χ3v) is 4.47. The fourth-order valence-corrected chi connectivity index (χ4v) is 2.54. The number of aryl methyl sites for hydroxylation is 1. The summed E-state index contributed by atoms with van der Waals surface area (Å²) in [4.78, 5) is 0. The molecule has 35 heavy (non-hydrogen) atoms. The van der Waals surface area contributed by atoms with E-state index >= 15 is 0 Å². The first-order valence-electron chi connectivity index (χ1n) is 8.75. The molecular formula is C17H11F17O. The van der Waals surface area contributed by atoms with Crippen molar-refractivity contribution in [3.63, 3.8) is 0 Å². The predicted molar refractivity (Wildman–Crippen MR) is 81.7 cm³/mol. The Kier molecular flexibility index (Phi) is 7.71. The normalized spacial score (nSPS) is 15.4. The van der Waals surface area contributed by atoms with Crippen molar-refractivity contribution in [2.45, 2.75) is 67.6 Å². The van der Waals surface area contributed by atoms with Gasteiger partial charge in [0.2, 0.25) is 0 Å². The van der Waals surface area contributed by atoms with Crippen LogP contribution in [0.5, 0.6) is 5.75 Å². The molecule has 0 amide bonds. The summed E-state index contributed by atoms with van der Waals surface area (Å²) in [5.74, 6) is -35.4. The highest BCUT2D eigenvalue weighted by Crippen LogP contribution is 2.65. The molecule has 1 aromatic rings. The fraction of sp³-hybridized carbons (Fsp3) is 0.647. The van der Waals surface area contributed by atoms with Crippen molar-refractivity contribution in [2.75, 3.05) is 0 Å². The van der Waals surface area contributed by atoms with E-state index in [9.17, 15) is 74.6 Å². The van der Waals surface area contributed by atoms with Crippen LogP contribution in [0.3, 0.4) is 0 Å². The monoisotopic (exact) mass is 554 g/mol. The zero-order chi connectivity index (χ0) is 28.1. The number of halogens is 17. The van der Waals surface area contributed by atoms with E-state index in [-0.39, 0.29) is 6.42 Å². The summed E-state index contributed by atoms with van der Waals surface area (Å²) in [6.07, 6.45) is -22.5. The van der Waals surface area contributed by atoms with Crippen molar-refractivity contribution in [3.05, 3.63) is 29.8 Å². The van der Waals surface area contributed by atoms with Gasteiger partial charge in [-0.15, -0.1) is 0 Å². The highest BCUT2D eigenvalue weighted by Gasteiger charge is 2.97. The maximum absolute atomic E-state index is 13.7. The van der Waals surface area contributed by atoms with Gasteiger partial charge in [0.25, 0.3) is 0 Å². The van der Waals surface area contributed by atoms with Crippen LogP contribution in [-0.4, -0.2) is 47.8 Å². The van der Waals surface area contributed by atoms with Crippen LogP contribution in [0.1, 0.15) is 18.9 Å². The zero-order valence-electron chi connectivity index (χ0n) is 16.6. The van der Waals surface area contributed by atoms with Gasteiger partial charge in [0.1, 0.15) is 5.75 Å². The van der Waals surface area contributed by atoms with Gasteiger partial charge in [0.05, 0.1) is 0 Å². The van der Waals surface area contributed by atoms with E-state index in [0.29, 0.717) is 24.1 Å². The number of hydrogen-bond acceptors (Lipinski definition) is 1. The molecule has 0 N–H and O–H groups in total. The highest BCUT2D eigenvalue weighted by atomic mass is 19.4. The predicted octanol–water partition coefficient (Wildman–Crippen LogP) is 7.98. The van der Waals surface area contributed by atoms with Crippen molar-refractivity contribution in [3.8, 4) is 5.75 Å². The van der Waals surface area contributed by atoms with Gasteiger partial charge in [-0.25, -0.2) is 4.39 Å². The van der Waals surface area contributed by atoms with Crippen LogP contribution in [0, 0.1) is 0 Å². The van der Waals surface area contributed by atoms with E-state index in [1.165, 1.54) is 0 Å². The van der Waals surface area contributed by atoms with Gasteiger partial charge in [-0.05, 0) is 24.1 Å². The molecule has 0 fully saturated rings. The van der Waals surface area contributed by atoms with Crippen molar-refractivity contribution < 1.29 is 79.4 Å². The summed E-state index contributed by atoms with van der Waals surface area (Å²) in [6.45, 7) is 1.63. The topological polar surface area (TPSA) is 9.23 Å². The summed E-state index contributed by atoms with van der Waals surface area (Å²) in [5.41, 5.74) is -8.24. The van der Waals surface area contributed by atoms with Gasteiger partial charge in [0.15, 0.2) is 0 Å². The Morgan fingerprint density at radius 2 is 0.914 bits per heavy atom. The van der Waals surface area contributed by atoms with Crippen LogP contribution in [0.4, 0.5) is 74.6 Å². The lowest BCUT2D eigenvalue weighted by atomic mass is 9.85. The van der Waals surface area contributed by atoms with Gasteiger partial charge < -0.3 is 4.74 Å². The largest absolute Gasteiger partial charge is 0.471 e. The minimum Gasteiger partial charge on any atom is -0.428 e. The van der Waals surface area contributed by atoms with Gasteiger partial charge in [0, 0.05) is 0 Å². The number of rotatable bonds is 9. The summed E-state index contributed by atoms with van der Waals surface area (Å²) >= 11 is 0. The van der Waals surface area contributed by atoms with Crippen LogP contribution in [0.25, 0.3) is 0 Å². The number of ether oxygens (including phenoxy) is 1. The molecule has 0 heterocycles. The van der Waals surface area contributed by atoms with Crippen molar-refractivity contribution in [2.24, 2.45) is 0 Å². The molecule has 0 spiro atoms. The van der Waals surface area contributed by atoms with Crippen LogP contribution in [0.15, 0.2) is 24.3 Å². The van der Waals surface area contributed by atoms with Crippen molar-refractivity contribution in [1.29, 1.82) is 0 Å². The molecule has 0 bridgehead atoms. The molecule has 0 radical (unpaired) electrons. The average molecular weight is 554 g/mol. The number of hydrogen-bond donors (Lipinski definition) is 0. The molecule has 0 aromatic heterocycles. The number of benzene rings is 1. The van der Waals surface area contributed by atoms with Gasteiger partial charge >= 0.3 is 47.8 Å². The van der Waals surface area contributed by atoms with Crippen molar-refractivity contribution in [1.82, 2.24) is 0 Å². The Morgan fingerprint density at radius 3 is 1.26 bits per heavy atom. The maximum atomic E-state index is 13.7. The lowest BCUT2D eigenvalue weighted by Crippen LogP contribution is -2.77. The molecule has 0 saturated heterocycles. The molecule has 0 unspecified atom stereocenters. The molecule has 1 rings (SSSR count). The lowest BCUT2D eigenvalue weighted by molar-refractivity contribution is -0.474. The molecule has 18 heteroatoms. The van der Waals surface area contributed by atoms with E-state index in [4.69, 9.17) is 0 Å². The first kappa shape index (κ1) is 30.9. The zero-order valence-corrected chi connectivity index (χ0v) is 16.6. The van der Waals surface area contributed by atoms with Crippen LogP contribution in [0.2, 0.25) is 0 Å². The van der Waals surface area contributed by atoms with Gasteiger partial charge in [-0.2, -0.15) is 70.2 Å². The Hall–Kier alpha value is -2.17. The second-order valence-corrected chi connectivity index (χ2v) is 6.96.